The van der Waals surface area contributed by atoms with Crippen molar-refractivity contribution >= 4 is 17.3 Å². The molecule has 144 valence electrons. The highest BCUT2D eigenvalue weighted by Gasteiger charge is 2.08. The van der Waals surface area contributed by atoms with E-state index in [0.717, 1.165) is 28.4 Å². The summed E-state index contributed by atoms with van der Waals surface area (Å²) in [7, 11) is 1.63. The predicted molar refractivity (Wildman–Crippen MR) is 110 cm³/mol. The molecule has 0 fully saturated rings. The normalized spacial score (nSPS) is 10.2. The predicted octanol–water partition coefficient (Wildman–Crippen LogP) is 4.14. The average Bonchev–Trinajstić information content (AvgIpc) is 2.73. The summed E-state index contributed by atoms with van der Waals surface area (Å²) in [5, 5.41) is 6.13. The Morgan fingerprint density at radius 2 is 1.79 bits per heavy atom. The van der Waals surface area contributed by atoms with E-state index in [1.165, 1.54) is 0 Å². The number of benzene rings is 2. The van der Waals surface area contributed by atoms with Gasteiger partial charge in [0.15, 0.2) is 0 Å². The molecule has 0 aliphatic heterocycles. The van der Waals surface area contributed by atoms with Crippen molar-refractivity contribution in [3.8, 4) is 11.5 Å². The van der Waals surface area contributed by atoms with Crippen LogP contribution in [-0.2, 0) is 0 Å². The smallest absolute Gasteiger partial charge is 0.257 e. The molecule has 6 heteroatoms. The van der Waals surface area contributed by atoms with Crippen LogP contribution in [0.5, 0.6) is 11.5 Å². The van der Waals surface area contributed by atoms with Crippen LogP contribution in [-0.4, -0.2) is 31.2 Å². The quantitative estimate of drug-likeness (QED) is 0.577. The summed E-state index contributed by atoms with van der Waals surface area (Å²) >= 11 is 0. The number of hydrogen-bond acceptors (Lipinski definition) is 5. The number of pyridine rings is 1. The fraction of sp³-hybridized carbons (Fsp3) is 0.182. The number of aryl methyl sites for hydroxylation is 1. The maximum absolute atomic E-state index is 12.5. The standard InChI is InChI=1S/C22H23N3O3/c1-16-5-3-4-6-21(16)25-22(26)17-13-18(15-23-14-17)24-11-12-28-20-9-7-19(27-2)8-10-20/h3-10,13-15,24H,11-12H2,1-2H3,(H,25,26). The van der Waals surface area contributed by atoms with Crippen LogP contribution in [0.1, 0.15) is 15.9 Å². The number of nitrogens with one attached hydrogen (secondary N) is 2. The Labute approximate surface area is 164 Å². The molecule has 0 atom stereocenters. The van der Waals surface area contributed by atoms with Crippen LogP contribution in [0.25, 0.3) is 0 Å². The third-order valence-corrected chi connectivity index (χ3v) is 4.15. The van der Waals surface area contributed by atoms with Crippen molar-refractivity contribution in [1.82, 2.24) is 4.98 Å². The Balaban J connectivity index is 1.51. The topological polar surface area (TPSA) is 72.5 Å². The van der Waals surface area contributed by atoms with Gasteiger partial charge < -0.3 is 20.1 Å². The maximum Gasteiger partial charge on any atom is 0.257 e. The van der Waals surface area contributed by atoms with Crippen LogP contribution in [0, 0.1) is 6.92 Å². The number of methoxy groups -OCH3 is 1. The molecule has 2 N–H and O–H groups in total. The van der Waals surface area contributed by atoms with E-state index < -0.39 is 0 Å². The molecule has 0 saturated heterocycles. The number of hydrogen-bond donors (Lipinski definition) is 2. The maximum atomic E-state index is 12.5. The molecular weight excluding hydrogens is 354 g/mol. The molecule has 1 amide bonds. The fourth-order valence-electron chi connectivity index (χ4n) is 2.60. The second kappa shape index (κ2) is 9.41. The van der Waals surface area contributed by atoms with Crippen LogP contribution in [0.2, 0.25) is 0 Å². The van der Waals surface area contributed by atoms with Gasteiger partial charge in [-0.3, -0.25) is 9.78 Å². The van der Waals surface area contributed by atoms with Crippen molar-refractivity contribution in [1.29, 1.82) is 0 Å². The number of ether oxygens (including phenoxy) is 2. The first-order chi connectivity index (χ1) is 13.7. The lowest BCUT2D eigenvalue weighted by Crippen LogP contribution is -2.15. The van der Waals surface area contributed by atoms with E-state index in [-0.39, 0.29) is 5.91 Å². The van der Waals surface area contributed by atoms with Crippen molar-refractivity contribution in [3.63, 3.8) is 0 Å². The van der Waals surface area contributed by atoms with Crippen LogP contribution < -0.4 is 20.1 Å². The van der Waals surface area contributed by atoms with Gasteiger partial charge in [-0.25, -0.2) is 0 Å². The molecule has 3 rings (SSSR count). The van der Waals surface area contributed by atoms with Gasteiger partial charge in [-0.15, -0.1) is 0 Å². The zero-order valence-corrected chi connectivity index (χ0v) is 15.9. The van der Waals surface area contributed by atoms with Crippen LogP contribution in [0.4, 0.5) is 11.4 Å². The van der Waals surface area contributed by atoms with E-state index in [1.807, 2.05) is 55.5 Å². The molecule has 0 saturated carbocycles. The van der Waals surface area contributed by atoms with E-state index in [1.54, 1.807) is 25.6 Å². The number of amides is 1. The first-order valence-corrected chi connectivity index (χ1v) is 8.98. The minimum atomic E-state index is -0.195. The van der Waals surface area contributed by atoms with Crippen LogP contribution in [0.3, 0.4) is 0 Å². The number of rotatable bonds is 8. The van der Waals surface area contributed by atoms with Gasteiger partial charge in [0.05, 0.1) is 18.4 Å². The number of carbonyl (C=O) groups excluding carboxylic acids is 1. The van der Waals surface area contributed by atoms with Gasteiger partial charge in [-0.05, 0) is 48.9 Å². The van der Waals surface area contributed by atoms with E-state index in [0.29, 0.717) is 18.7 Å². The van der Waals surface area contributed by atoms with Crippen molar-refractivity contribution in [2.45, 2.75) is 6.92 Å². The highest BCUT2D eigenvalue weighted by Crippen LogP contribution is 2.17. The van der Waals surface area contributed by atoms with Gasteiger partial charge in [0.1, 0.15) is 18.1 Å². The Bertz CT molecular complexity index is 926. The summed E-state index contributed by atoms with van der Waals surface area (Å²) < 4.78 is 10.8. The number of carbonyl (C=O) groups is 1. The summed E-state index contributed by atoms with van der Waals surface area (Å²) in [6.45, 7) is 3.01. The fourth-order valence-corrected chi connectivity index (χ4v) is 2.60. The third kappa shape index (κ3) is 5.23. The first-order valence-electron chi connectivity index (χ1n) is 8.98. The summed E-state index contributed by atoms with van der Waals surface area (Å²) in [5.41, 5.74) is 3.05. The average molecular weight is 377 g/mol. The van der Waals surface area contributed by atoms with Gasteiger partial charge in [-0.1, -0.05) is 18.2 Å². The van der Waals surface area contributed by atoms with Gasteiger partial charge in [0.2, 0.25) is 0 Å². The Morgan fingerprint density at radius 3 is 2.54 bits per heavy atom. The summed E-state index contributed by atoms with van der Waals surface area (Å²) in [5.74, 6) is 1.37. The molecule has 1 heterocycles. The van der Waals surface area contributed by atoms with Gasteiger partial charge in [0, 0.05) is 24.6 Å². The monoisotopic (exact) mass is 377 g/mol. The second-order valence-corrected chi connectivity index (χ2v) is 6.18. The molecule has 0 radical (unpaired) electrons. The molecule has 0 aliphatic carbocycles. The lowest BCUT2D eigenvalue weighted by atomic mass is 10.2. The van der Waals surface area contributed by atoms with Gasteiger partial charge in [-0.2, -0.15) is 0 Å². The zero-order valence-electron chi connectivity index (χ0n) is 15.9. The Hall–Kier alpha value is -3.54. The van der Waals surface area contributed by atoms with Gasteiger partial charge >= 0.3 is 0 Å². The molecule has 1 aromatic heterocycles. The molecule has 0 aliphatic rings. The lowest BCUT2D eigenvalue weighted by molar-refractivity contribution is 0.102. The molecule has 0 unspecified atom stereocenters. The molecule has 28 heavy (non-hydrogen) atoms. The third-order valence-electron chi connectivity index (χ3n) is 4.15. The number of anilines is 2. The Kier molecular flexibility index (Phi) is 6.46. The SMILES string of the molecule is COc1ccc(OCCNc2cncc(C(=O)Nc3ccccc3C)c2)cc1. The van der Waals surface area contributed by atoms with Crippen molar-refractivity contribution in [2.24, 2.45) is 0 Å². The zero-order chi connectivity index (χ0) is 19.8. The van der Waals surface area contributed by atoms with E-state index in [9.17, 15) is 4.79 Å². The van der Waals surface area contributed by atoms with Crippen LogP contribution >= 0.6 is 0 Å². The summed E-state index contributed by atoms with van der Waals surface area (Å²) in [6.07, 6.45) is 3.23. The molecular formula is C22H23N3O3. The molecule has 0 bridgehead atoms. The molecule has 6 nitrogen and oxygen atoms in total. The van der Waals surface area contributed by atoms with Crippen molar-refractivity contribution in [3.05, 3.63) is 78.1 Å². The van der Waals surface area contributed by atoms with Crippen molar-refractivity contribution < 1.29 is 14.3 Å². The highest BCUT2D eigenvalue weighted by molar-refractivity contribution is 6.04. The van der Waals surface area contributed by atoms with E-state index in [4.69, 9.17) is 9.47 Å². The van der Waals surface area contributed by atoms with Crippen molar-refractivity contribution in [2.75, 3.05) is 30.9 Å². The van der Waals surface area contributed by atoms with Crippen LogP contribution in [0.15, 0.2) is 67.0 Å². The lowest BCUT2D eigenvalue weighted by Gasteiger charge is -2.11. The summed E-state index contributed by atoms with van der Waals surface area (Å²) in [4.78, 5) is 16.6. The largest absolute Gasteiger partial charge is 0.497 e. The number of para-hydroxylation sites is 1. The Morgan fingerprint density at radius 1 is 1.04 bits per heavy atom. The highest BCUT2D eigenvalue weighted by atomic mass is 16.5. The second-order valence-electron chi connectivity index (χ2n) is 6.18. The minimum absolute atomic E-state index is 0.195. The number of aromatic nitrogens is 1. The molecule has 3 aromatic rings. The summed E-state index contributed by atoms with van der Waals surface area (Å²) in [6, 6.07) is 16.8. The molecule has 2 aromatic carbocycles. The van der Waals surface area contributed by atoms with Gasteiger partial charge in [0.25, 0.3) is 5.91 Å². The minimum Gasteiger partial charge on any atom is -0.497 e. The first kappa shape index (κ1) is 19.2. The molecule has 0 spiro atoms. The number of nitrogens with zero attached hydrogens (tertiary/aromatic N) is 1. The van der Waals surface area contributed by atoms with E-state index >= 15 is 0 Å². The van der Waals surface area contributed by atoms with E-state index in [2.05, 4.69) is 15.6 Å².